The molecule has 11 aromatic carbocycles. The fourth-order valence-electron chi connectivity index (χ4n) is 13.2. The molecule has 5 heteroatoms. The SMILES string of the molecule is CC1CC=Cc2c1ccc1ccc(C3NC(c4ccc5ccccc5c4)=NC(c4cc(-n5c6ccccc6c6cc7ccc(-n8c9ccccc9c9cc%10c(cc98)CCC=C%10)cc7cc65)cc5ccccc45)[NH2+]3)cc21. The molecular weight excluding hydrogens is 911 g/mol. The molecule has 13 aromatic rings. The van der Waals surface area contributed by atoms with Gasteiger partial charge < -0.3 is 14.5 Å². The third-order valence-corrected chi connectivity index (χ3v) is 16.9. The molecule has 2 aliphatic carbocycles. The van der Waals surface area contributed by atoms with Gasteiger partial charge in [-0.25, -0.2) is 4.99 Å². The molecule has 0 spiro atoms. The number of nitrogens with two attached hydrogens (primary N) is 1. The van der Waals surface area contributed by atoms with Gasteiger partial charge in [0.1, 0.15) is 5.84 Å². The lowest BCUT2D eigenvalue weighted by Gasteiger charge is -2.30. The Balaban J connectivity index is 0.881. The van der Waals surface area contributed by atoms with Crippen molar-refractivity contribution in [3.8, 4) is 11.4 Å². The van der Waals surface area contributed by atoms with E-state index in [4.69, 9.17) is 4.99 Å². The zero-order chi connectivity index (χ0) is 49.3. The second-order valence-corrected chi connectivity index (χ2v) is 21.3. The molecule has 3 heterocycles. The summed E-state index contributed by atoms with van der Waals surface area (Å²) in [5.74, 6) is 1.39. The van der Waals surface area contributed by atoms with Crippen LogP contribution in [0.5, 0.6) is 0 Å². The number of allylic oxidation sites excluding steroid dienone is 2. The maximum Gasteiger partial charge on any atom is 0.210 e. The minimum atomic E-state index is -0.257. The maximum atomic E-state index is 5.71. The highest BCUT2D eigenvalue weighted by molar-refractivity contribution is 6.15. The molecule has 3 unspecified atom stereocenters. The Morgan fingerprint density at radius 2 is 1.17 bits per heavy atom. The van der Waals surface area contributed by atoms with Crippen molar-refractivity contribution in [1.82, 2.24) is 14.5 Å². The molecule has 1 aliphatic heterocycles. The molecule has 0 fully saturated rings. The zero-order valence-electron chi connectivity index (χ0n) is 41.6. The Hall–Kier alpha value is -9.03. The van der Waals surface area contributed by atoms with E-state index in [1.165, 1.54) is 126 Å². The van der Waals surface area contributed by atoms with E-state index in [2.05, 4.69) is 251 Å². The number of hydrogen-bond donors (Lipinski definition) is 2. The van der Waals surface area contributed by atoms with Crippen molar-refractivity contribution in [2.45, 2.75) is 44.4 Å². The van der Waals surface area contributed by atoms with Crippen molar-refractivity contribution >= 4 is 105 Å². The number of amidine groups is 1. The number of para-hydroxylation sites is 2. The smallest absolute Gasteiger partial charge is 0.210 e. The summed E-state index contributed by atoms with van der Waals surface area (Å²) in [7, 11) is 0. The molecule has 356 valence electrons. The number of fused-ring (bicyclic) bond motifs is 13. The molecule has 0 saturated carbocycles. The number of quaternary nitrogens is 1. The third-order valence-electron chi connectivity index (χ3n) is 16.9. The van der Waals surface area contributed by atoms with E-state index >= 15 is 0 Å². The predicted molar refractivity (Wildman–Crippen MR) is 315 cm³/mol. The molecule has 0 amide bonds. The van der Waals surface area contributed by atoms with Gasteiger partial charge in [0, 0.05) is 49.6 Å². The molecule has 0 radical (unpaired) electrons. The monoisotopic (exact) mass is 962 g/mol. The van der Waals surface area contributed by atoms with Crippen LogP contribution in [0.3, 0.4) is 0 Å². The number of benzene rings is 11. The van der Waals surface area contributed by atoms with Gasteiger partial charge in [-0.3, -0.25) is 5.32 Å². The lowest BCUT2D eigenvalue weighted by Crippen LogP contribution is -2.90. The fourth-order valence-corrected chi connectivity index (χ4v) is 13.2. The average Bonchev–Trinajstić information content (AvgIpc) is 3.98. The van der Waals surface area contributed by atoms with Gasteiger partial charge in [0.2, 0.25) is 6.17 Å². The van der Waals surface area contributed by atoms with Crippen LogP contribution < -0.4 is 10.6 Å². The van der Waals surface area contributed by atoms with Gasteiger partial charge >= 0.3 is 0 Å². The van der Waals surface area contributed by atoms with Gasteiger partial charge in [-0.1, -0.05) is 159 Å². The summed E-state index contributed by atoms with van der Waals surface area (Å²) in [5, 5.41) is 21.3. The van der Waals surface area contributed by atoms with Crippen molar-refractivity contribution in [2.75, 3.05) is 0 Å². The van der Waals surface area contributed by atoms with Gasteiger partial charge in [0.15, 0.2) is 6.17 Å². The van der Waals surface area contributed by atoms with Gasteiger partial charge in [-0.2, -0.15) is 0 Å². The Bertz CT molecular complexity index is 4680. The molecule has 16 rings (SSSR count). The molecule has 5 nitrogen and oxygen atoms in total. The highest BCUT2D eigenvalue weighted by Crippen LogP contribution is 2.41. The lowest BCUT2D eigenvalue weighted by atomic mass is 9.85. The lowest BCUT2D eigenvalue weighted by molar-refractivity contribution is -0.739. The number of aryl methyl sites for hydroxylation is 1. The Labute approximate surface area is 434 Å². The zero-order valence-corrected chi connectivity index (χ0v) is 41.6. The summed E-state index contributed by atoms with van der Waals surface area (Å²) in [6.45, 7) is 2.35. The molecule has 3 aliphatic rings. The van der Waals surface area contributed by atoms with E-state index in [0.717, 1.165) is 36.3 Å². The van der Waals surface area contributed by atoms with E-state index in [-0.39, 0.29) is 12.3 Å². The van der Waals surface area contributed by atoms with Crippen molar-refractivity contribution < 1.29 is 5.32 Å². The normalized spacial score (nSPS) is 17.4. The van der Waals surface area contributed by atoms with E-state index < -0.39 is 0 Å². The number of aliphatic imine (C=N–C) groups is 1. The summed E-state index contributed by atoms with van der Waals surface area (Å²) >= 11 is 0. The van der Waals surface area contributed by atoms with Crippen LogP contribution in [0.1, 0.15) is 77.0 Å². The number of hydrogen-bond acceptors (Lipinski definition) is 2. The van der Waals surface area contributed by atoms with E-state index in [9.17, 15) is 0 Å². The summed E-state index contributed by atoms with van der Waals surface area (Å²) in [5.41, 5.74) is 16.2. The average molecular weight is 963 g/mol. The minimum absolute atomic E-state index is 0.104. The van der Waals surface area contributed by atoms with Crippen molar-refractivity contribution in [2.24, 2.45) is 4.99 Å². The quantitative estimate of drug-likeness (QED) is 0.177. The Morgan fingerprint density at radius 1 is 0.480 bits per heavy atom. The summed E-state index contributed by atoms with van der Waals surface area (Å²) in [6, 6.07) is 75.3. The van der Waals surface area contributed by atoms with Gasteiger partial charge in [0.05, 0.1) is 22.1 Å². The second kappa shape index (κ2) is 16.5. The summed E-state index contributed by atoms with van der Waals surface area (Å²) < 4.78 is 4.98. The van der Waals surface area contributed by atoms with E-state index in [1.54, 1.807) is 0 Å². The number of rotatable bonds is 5. The Morgan fingerprint density at radius 3 is 2.04 bits per heavy atom. The predicted octanol–water partition coefficient (Wildman–Crippen LogP) is 16.3. The summed E-state index contributed by atoms with van der Waals surface area (Å²) in [4.78, 5) is 5.71. The van der Waals surface area contributed by atoms with Crippen LogP contribution in [-0.2, 0) is 6.42 Å². The standard InChI is InChI=1S/C70H51N5/c1-42-13-12-22-57-55(42)32-30-44-26-28-51(38-60(44)57)69-71-68(50-27-25-43-14-2-3-15-45(43)33-50)72-70(73-69)63-41-54(34-49-18-6-7-19-56(49)63)75-65-24-11-9-21-59(65)62-37-48-29-31-53(35-52(48)40-67(62)75)74-64-23-10-8-20-58(64)61-36-46-16-4-5-17-47(46)39-66(61)74/h2-4,6-12,14-16,18-42,69-70,73H,5,13,17H2,1H3,(H,71,72)/p+1. The van der Waals surface area contributed by atoms with Crippen molar-refractivity contribution in [3.63, 3.8) is 0 Å². The van der Waals surface area contributed by atoms with Crippen LogP contribution in [0.2, 0.25) is 0 Å². The highest BCUT2D eigenvalue weighted by atomic mass is 15.3. The largest absolute Gasteiger partial charge is 0.317 e. The molecule has 3 atom stereocenters. The first-order chi connectivity index (χ1) is 37.0. The van der Waals surface area contributed by atoms with Crippen molar-refractivity contribution in [3.05, 3.63) is 251 Å². The van der Waals surface area contributed by atoms with Gasteiger partial charge in [-0.15, -0.1) is 0 Å². The molecule has 0 bridgehead atoms. The molecule has 3 N–H and O–H groups in total. The van der Waals surface area contributed by atoms with Gasteiger partial charge in [0.25, 0.3) is 0 Å². The molecule has 0 saturated heterocycles. The van der Waals surface area contributed by atoms with Crippen LogP contribution in [0.4, 0.5) is 0 Å². The first-order valence-corrected chi connectivity index (χ1v) is 26.7. The van der Waals surface area contributed by atoms with Crippen LogP contribution >= 0.6 is 0 Å². The fraction of sp³-hybridized carbons (Fsp3) is 0.100. The van der Waals surface area contributed by atoms with Crippen LogP contribution in [0.15, 0.2) is 217 Å². The van der Waals surface area contributed by atoms with E-state index in [0.29, 0.717) is 5.92 Å². The van der Waals surface area contributed by atoms with Crippen LogP contribution in [0, 0.1) is 0 Å². The van der Waals surface area contributed by atoms with Crippen LogP contribution in [-0.4, -0.2) is 15.0 Å². The number of nitrogens with zero attached hydrogens (tertiary/aromatic N) is 3. The number of nitrogens with one attached hydrogen (secondary N) is 1. The van der Waals surface area contributed by atoms with Crippen LogP contribution in [0.25, 0.3) is 110 Å². The Kier molecular flexibility index (Phi) is 9.34. The minimum Gasteiger partial charge on any atom is -0.317 e. The van der Waals surface area contributed by atoms with Crippen molar-refractivity contribution in [1.29, 1.82) is 0 Å². The molecule has 2 aromatic heterocycles. The first kappa shape index (κ1) is 42.5. The highest BCUT2D eigenvalue weighted by Gasteiger charge is 2.32. The third kappa shape index (κ3) is 6.71. The topological polar surface area (TPSA) is 50.9 Å². The maximum absolute atomic E-state index is 5.71. The van der Waals surface area contributed by atoms with E-state index in [1.807, 2.05) is 0 Å². The molecular formula is C70H52N5+. The second-order valence-electron chi connectivity index (χ2n) is 21.3. The molecule has 75 heavy (non-hydrogen) atoms. The first-order valence-electron chi connectivity index (χ1n) is 26.7. The van der Waals surface area contributed by atoms with Gasteiger partial charge in [-0.05, 0) is 163 Å². The summed E-state index contributed by atoms with van der Waals surface area (Å²) in [6.07, 6.45) is 12.2. The number of aromatic nitrogens is 2.